The zero-order valence-corrected chi connectivity index (χ0v) is 17.6. The first-order valence-electron chi connectivity index (χ1n) is 8.86. The number of amides is 2. The van der Waals surface area contributed by atoms with Crippen molar-refractivity contribution >= 4 is 33.4 Å². The fraction of sp³-hybridized carbons (Fsp3) is 0.300. The van der Waals surface area contributed by atoms with E-state index in [9.17, 15) is 18.0 Å². The van der Waals surface area contributed by atoms with Crippen molar-refractivity contribution in [1.29, 1.82) is 0 Å². The van der Waals surface area contributed by atoms with Gasteiger partial charge in [-0.3, -0.25) is 10.1 Å². The summed E-state index contributed by atoms with van der Waals surface area (Å²) in [5, 5.41) is 10.5. The number of ether oxygens (including phenoxy) is 1. The van der Waals surface area contributed by atoms with Gasteiger partial charge in [-0.25, -0.2) is 18.4 Å². The van der Waals surface area contributed by atoms with E-state index in [2.05, 4.69) is 10.6 Å². The van der Waals surface area contributed by atoms with Crippen LogP contribution in [0.25, 0.3) is 0 Å². The first kappa shape index (κ1) is 22.4. The van der Waals surface area contributed by atoms with Crippen LogP contribution in [0.4, 0.5) is 16.2 Å². The lowest BCUT2D eigenvalue weighted by Gasteiger charge is -2.19. The van der Waals surface area contributed by atoms with E-state index in [1.165, 1.54) is 6.07 Å². The van der Waals surface area contributed by atoms with Gasteiger partial charge in [-0.05, 0) is 63.1 Å². The van der Waals surface area contributed by atoms with Gasteiger partial charge in [0.1, 0.15) is 5.60 Å². The SMILES string of the molecule is Cc1ccc(NC(=O)Cc2ccc(NC(=O)OC(C)(C)C)cc2)cc1S(N)(=O)=O. The number of aryl methyl sites for hydroxylation is 1. The fourth-order valence-electron chi connectivity index (χ4n) is 2.50. The molecule has 4 N–H and O–H groups in total. The van der Waals surface area contributed by atoms with Crippen LogP contribution in [0.2, 0.25) is 0 Å². The monoisotopic (exact) mass is 419 g/mol. The number of carbonyl (C=O) groups is 2. The highest BCUT2D eigenvalue weighted by atomic mass is 32.2. The molecular weight excluding hydrogens is 394 g/mol. The zero-order valence-electron chi connectivity index (χ0n) is 16.8. The molecule has 0 aliphatic carbocycles. The zero-order chi connectivity index (χ0) is 21.8. The van der Waals surface area contributed by atoms with Crippen molar-refractivity contribution in [3.63, 3.8) is 0 Å². The predicted octanol–water partition coefficient (Wildman–Crippen LogP) is 3.17. The predicted molar refractivity (Wildman–Crippen MR) is 111 cm³/mol. The fourth-order valence-corrected chi connectivity index (χ4v) is 3.31. The summed E-state index contributed by atoms with van der Waals surface area (Å²) in [6, 6.07) is 11.3. The first-order valence-corrected chi connectivity index (χ1v) is 10.4. The molecule has 0 saturated heterocycles. The normalized spacial score (nSPS) is 11.6. The first-order chi connectivity index (χ1) is 13.3. The van der Waals surface area contributed by atoms with Crippen molar-refractivity contribution in [2.24, 2.45) is 5.14 Å². The van der Waals surface area contributed by atoms with Gasteiger partial charge in [0, 0.05) is 11.4 Å². The van der Waals surface area contributed by atoms with Crippen LogP contribution in [-0.2, 0) is 26.0 Å². The quantitative estimate of drug-likeness (QED) is 0.686. The third kappa shape index (κ3) is 7.20. The summed E-state index contributed by atoms with van der Waals surface area (Å²) in [4.78, 5) is 24.0. The molecule has 0 bridgehead atoms. The van der Waals surface area contributed by atoms with E-state index in [1.54, 1.807) is 64.1 Å². The molecule has 0 radical (unpaired) electrons. The van der Waals surface area contributed by atoms with Gasteiger partial charge in [-0.2, -0.15) is 0 Å². The van der Waals surface area contributed by atoms with Crippen LogP contribution < -0.4 is 15.8 Å². The van der Waals surface area contributed by atoms with E-state index in [4.69, 9.17) is 9.88 Å². The second-order valence-electron chi connectivity index (χ2n) is 7.57. The van der Waals surface area contributed by atoms with Crippen molar-refractivity contribution in [3.05, 3.63) is 53.6 Å². The Morgan fingerprint density at radius 1 is 1.00 bits per heavy atom. The Balaban J connectivity index is 1.99. The highest BCUT2D eigenvalue weighted by Crippen LogP contribution is 2.19. The van der Waals surface area contributed by atoms with Crippen molar-refractivity contribution in [2.45, 2.75) is 44.6 Å². The number of anilines is 2. The lowest BCUT2D eigenvalue weighted by atomic mass is 10.1. The Morgan fingerprint density at radius 3 is 2.14 bits per heavy atom. The second-order valence-corrected chi connectivity index (χ2v) is 9.10. The smallest absolute Gasteiger partial charge is 0.412 e. The molecule has 0 heterocycles. The van der Waals surface area contributed by atoms with Crippen LogP contribution in [0.5, 0.6) is 0 Å². The van der Waals surface area contributed by atoms with Crippen molar-refractivity contribution in [1.82, 2.24) is 0 Å². The van der Waals surface area contributed by atoms with E-state index < -0.39 is 21.7 Å². The van der Waals surface area contributed by atoms with Gasteiger partial charge in [0.25, 0.3) is 0 Å². The number of carbonyl (C=O) groups excluding carboxylic acids is 2. The van der Waals surface area contributed by atoms with Crippen LogP contribution >= 0.6 is 0 Å². The Morgan fingerprint density at radius 2 is 1.59 bits per heavy atom. The van der Waals surface area contributed by atoms with Crippen molar-refractivity contribution in [3.8, 4) is 0 Å². The summed E-state index contributed by atoms with van der Waals surface area (Å²) in [6.45, 7) is 6.94. The van der Waals surface area contributed by atoms with Crippen molar-refractivity contribution in [2.75, 3.05) is 10.6 Å². The minimum Gasteiger partial charge on any atom is -0.444 e. The van der Waals surface area contributed by atoms with Gasteiger partial charge in [0.15, 0.2) is 0 Å². The third-order valence-electron chi connectivity index (χ3n) is 3.74. The molecule has 2 rings (SSSR count). The van der Waals surface area contributed by atoms with Gasteiger partial charge >= 0.3 is 6.09 Å². The van der Waals surface area contributed by atoms with Gasteiger partial charge in [0.05, 0.1) is 11.3 Å². The van der Waals surface area contributed by atoms with Crippen LogP contribution in [0.3, 0.4) is 0 Å². The van der Waals surface area contributed by atoms with Gasteiger partial charge in [-0.1, -0.05) is 18.2 Å². The largest absolute Gasteiger partial charge is 0.444 e. The molecule has 2 aromatic carbocycles. The van der Waals surface area contributed by atoms with Crippen LogP contribution in [0, 0.1) is 6.92 Å². The summed E-state index contributed by atoms with van der Waals surface area (Å²) < 4.78 is 28.4. The van der Waals surface area contributed by atoms with E-state index >= 15 is 0 Å². The Bertz CT molecular complexity index is 1010. The Kier molecular flexibility index (Phi) is 6.66. The van der Waals surface area contributed by atoms with Crippen LogP contribution in [0.15, 0.2) is 47.4 Å². The lowest BCUT2D eigenvalue weighted by Crippen LogP contribution is -2.27. The van der Waals surface area contributed by atoms with Gasteiger partial charge in [0.2, 0.25) is 15.9 Å². The standard InChI is InChI=1S/C20H25N3O5S/c1-13-5-8-16(12-17(13)29(21,26)27)22-18(24)11-14-6-9-15(10-7-14)23-19(25)28-20(2,3)4/h5-10,12H,11H2,1-4H3,(H,22,24)(H,23,25)(H2,21,26,27). The molecule has 0 saturated carbocycles. The summed E-state index contributed by atoms with van der Waals surface area (Å²) >= 11 is 0. The molecule has 0 atom stereocenters. The third-order valence-corrected chi connectivity index (χ3v) is 4.80. The van der Waals surface area contributed by atoms with Gasteiger partial charge in [-0.15, -0.1) is 0 Å². The molecule has 0 fully saturated rings. The van der Waals surface area contributed by atoms with E-state index in [0.29, 0.717) is 16.9 Å². The molecule has 8 nitrogen and oxygen atoms in total. The number of nitrogens with one attached hydrogen (secondary N) is 2. The molecule has 0 aliphatic rings. The lowest BCUT2D eigenvalue weighted by molar-refractivity contribution is -0.115. The number of nitrogens with two attached hydrogens (primary N) is 1. The van der Waals surface area contributed by atoms with Crippen molar-refractivity contribution < 1.29 is 22.7 Å². The number of primary sulfonamides is 1. The average molecular weight is 420 g/mol. The summed E-state index contributed by atoms with van der Waals surface area (Å²) in [5.41, 5.74) is 1.50. The maximum atomic E-state index is 12.3. The number of hydrogen-bond donors (Lipinski definition) is 3. The average Bonchev–Trinajstić information content (AvgIpc) is 2.55. The molecule has 156 valence electrons. The minimum atomic E-state index is -3.87. The molecule has 29 heavy (non-hydrogen) atoms. The molecule has 2 amide bonds. The number of hydrogen-bond acceptors (Lipinski definition) is 5. The number of rotatable bonds is 5. The molecule has 9 heteroatoms. The second kappa shape index (κ2) is 8.62. The Labute approximate surface area is 170 Å². The highest BCUT2D eigenvalue weighted by molar-refractivity contribution is 7.89. The molecule has 0 aliphatic heterocycles. The molecule has 0 unspecified atom stereocenters. The van der Waals surface area contributed by atoms with Crippen LogP contribution in [0.1, 0.15) is 31.9 Å². The summed E-state index contributed by atoms with van der Waals surface area (Å²) in [5.74, 6) is -0.318. The van der Waals surface area contributed by atoms with E-state index in [0.717, 1.165) is 5.56 Å². The van der Waals surface area contributed by atoms with Gasteiger partial charge < -0.3 is 10.1 Å². The topological polar surface area (TPSA) is 128 Å². The maximum Gasteiger partial charge on any atom is 0.412 e. The van der Waals surface area contributed by atoms with E-state index in [1.807, 2.05) is 0 Å². The minimum absolute atomic E-state index is 0.0344. The number of sulfonamides is 1. The maximum absolute atomic E-state index is 12.3. The summed E-state index contributed by atoms with van der Waals surface area (Å²) in [6.07, 6.45) is -0.487. The molecule has 0 aromatic heterocycles. The molecular formula is C20H25N3O5S. The number of benzene rings is 2. The summed E-state index contributed by atoms with van der Waals surface area (Å²) in [7, 11) is -3.87. The Hall–Kier alpha value is -2.91. The molecule has 0 spiro atoms. The van der Waals surface area contributed by atoms with Crippen LogP contribution in [-0.4, -0.2) is 26.0 Å². The highest BCUT2D eigenvalue weighted by Gasteiger charge is 2.16. The molecule has 2 aromatic rings. The van der Waals surface area contributed by atoms with E-state index in [-0.39, 0.29) is 17.2 Å².